The van der Waals surface area contributed by atoms with Gasteiger partial charge in [0.05, 0.1) is 15.9 Å². The van der Waals surface area contributed by atoms with Crippen LogP contribution in [0.1, 0.15) is 90.9 Å². The Morgan fingerprint density at radius 2 is 1.55 bits per heavy atom. The Hall–Kier alpha value is -1.34. The molecule has 0 N–H and O–H groups in total. The van der Waals surface area contributed by atoms with Gasteiger partial charge < -0.3 is 0 Å². The lowest BCUT2D eigenvalue weighted by molar-refractivity contribution is 0.327. The summed E-state index contributed by atoms with van der Waals surface area (Å²) in [5.74, 6) is -1.24. The van der Waals surface area contributed by atoms with Gasteiger partial charge in [-0.2, -0.15) is 15.0 Å². The summed E-state index contributed by atoms with van der Waals surface area (Å²) < 4.78 is 30.0. The van der Waals surface area contributed by atoms with Crippen LogP contribution in [0, 0.1) is 17.6 Å². The molecule has 33 heavy (non-hydrogen) atoms. The third-order valence-corrected chi connectivity index (χ3v) is 7.92. The summed E-state index contributed by atoms with van der Waals surface area (Å²) in [5.41, 5.74) is 1.06. The molecule has 0 amide bonds. The number of hydrogen-bond donors (Lipinski definition) is 0. The zero-order valence-electron chi connectivity index (χ0n) is 19.9. The Morgan fingerprint density at radius 3 is 2.18 bits per heavy atom. The molecule has 0 radical (unpaired) electrons. The molecule has 0 saturated heterocycles. The molecule has 3 rings (SSSR count). The van der Waals surface area contributed by atoms with Crippen LogP contribution in [0.2, 0.25) is 0 Å². The van der Waals surface area contributed by atoms with Crippen LogP contribution in [0.5, 0.6) is 0 Å². The summed E-state index contributed by atoms with van der Waals surface area (Å²) in [7, 11) is 0. The van der Waals surface area contributed by atoms with Gasteiger partial charge in [0, 0.05) is 10.9 Å². The van der Waals surface area contributed by atoms with Gasteiger partial charge in [-0.25, -0.2) is 8.78 Å². The summed E-state index contributed by atoms with van der Waals surface area (Å²) in [4.78, 5) is 2.33. The highest BCUT2D eigenvalue weighted by molar-refractivity contribution is 9.11. The second kappa shape index (κ2) is 13.5. The Kier molecular flexibility index (Phi) is 10.8. The van der Waals surface area contributed by atoms with Crippen molar-refractivity contribution in [3.8, 4) is 10.4 Å². The molecular weight excluding hydrogens is 504 g/mol. The summed E-state index contributed by atoms with van der Waals surface area (Å²) >= 11 is 4.78. The topological polar surface area (TPSA) is 30.7 Å². The average Bonchev–Trinajstić information content (AvgIpc) is 3.39. The fraction of sp³-hybridized carbons (Fsp3) is 0.615. The molecular formula is C26H36BrF2N3S. The Morgan fingerprint density at radius 1 is 0.909 bits per heavy atom. The number of benzene rings is 1. The highest BCUT2D eigenvalue weighted by Crippen LogP contribution is 2.37. The first-order valence-electron chi connectivity index (χ1n) is 12.5. The minimum absolute atomic E-state index is 0.211. The summed E-state index contributed by atoms with van der Waals surface area (Å²) in [6.45, 7) is 5.18. The molecule has 0 aliphatic rings. The molecule has 7 heteroatoms. The fourth-order valence-electron chi connectivity index (χ4n) is 4.43. The van der Waals surface area contributed by atoms with E-state index >= 15 is 0 Å². The van der Waals surface area contributed by atoms with Crippen LogP contribution >= 0.6 is 27.3 Å². The molecule has 2 aromatic heterocycles. The highest BCUT2D eigenvalue weighted by Gasteiger charge is 2.21. The molecule has 0 fully saturated rings. The first kappa shape index (κ1) is 26.3. The van der Waals surface area contributed by atoms with E-state index in [1.165, 1.54) is 81.6 Å². The molecule has 3 nitrogen and oxygen atoms in total. The molecule has 1 aromatic carbocycles. The van der Waals surface area contributed by atoms with E-state index in [4.69, 9.17) is 0 Å². The van der Waals surface area contributed by atoms with Crippen molar-refractivity contribution in [2.24, 2.45) is 5.92 Å². The molecule has 0 saturated carbocycles. The van der Waals surface area contributed by atoms with Crippen LogP contribution in [-0.2, 0) is 6.54 Å². The van der Waals surface area contributed by atoms with Crippen LogP contribution < -0.4 is 0 Å². The van der Waals surface area contributed by atoms with Gasteiger partial charge >= 0.3 is 0 Å². The van der Waals surface area contributed by atoms with E-state index in [1.807, 2.05) is 6.07 Å². The number of aromatic nitrogens is 3. The van der Waals surface area contributed by atoms with E-state index in [0.29, 0.717) is 28.4 Å². The fourth-order valence-corrected chi connectivity index (χ4v) is 5.85. The number of halogens is 3. The van der Waals surface area contributed by atoms with Crippen molar-refractivity contribution in [2.75, 3.05) is 0 Å². The normalized spacial score (nSPS) is 12.6. The standard InChI is InChI=1S/C26H36BrF2N3S/c1-3-5-7-9-10-12-14-19(13-11-8-6-4-2)18-32-30-21-17-20(28)25(29)24(26(21)31-32)22-15-16-23(27)33-22/h15-17,19H,3-14,18H2,1-2H3. The molecule has 2 heterocycles. The van der Waals surface area contributed by atoms with Crippen molar-refractivity contribution in [3.05, 3.63) is 33.6 Å². The van der Waals surface area contributed by atoms with E-state index in [1.54, 1.807) is 10.9 Å². The lowest BCUT2D eigenvalue weighted by Gasteiger charge is -2.16. The van der Waals surface area contributed by atoms with Crippen LogP contribution in [0.15, 0.2) is 22.0 Å². The lowest BCUT2D eigenvalue weighted by Crippen LogP contribution is -2.13. The molecule has 3 aromatic rings. The highest BCUT2D eigenvalue weighted by atomic mass is 79.9. The van der Waals surface area contributed by atoms with E-state index in [0.717, 1.165) is 16.6 Å². The smallest absolute Gasteiger partial charge is 0.169 e. The summed E-state index contributed by atoms with van der Waals surface area (Å²) in [6, 6.07) is 4.80. The number of hydrogen-bond acceptors (Lipinski definition) is 3. The predicted molar refractivity (Wildman–Crippen MR) is 139 cm³/mol. The number of unbranched alkanes of at least 4 members (excludes halogenated alkanes) is 8. The first-order valence-corrected chi connectivity index (χ1v) is 14.1. The van der Waals surface area contributed by atoms with Gasteiger partial charge in [0.15, 0.2) is 11.6 Å². The van der Waals surface area contributed by atoms with Gasteiger partial charge in [-0.15, -0.1) is 11.3 Å². The molecule has 1 unspecified atom stereocenters. The second-order valence-corrected chi connectivity index (χ2v) is 11.5. The maximum absolute atomic E-state index is 14.8. The van der Waals surface area contributed by atoms with Crippen LogP contribution in [0.25, 0.3) is 21.5 Å². The summed E-state index contributed by atoms with van der Waals surface area (Å²) in [6.07, 6.45) is 15.0. The largest absolute Gasteiger partial charge is 0.204 e. The maximum atomic E-state index is 14.8. The average molecular weight is 541 g/mol. The van der Waals surface area contributed by atoms with Crippen molar-refractivity contribution in [2.45, 2.75) is 97.4 Å². The minimum atomic E-state index is -0.878. The Bertz CT molecular complexity index is 1000. The number of fused-ring (bicyclic) bond motifs is 1. The number of rotatable bonds is 15. The van der Waals surface area contributed by atoms with Crippen molar-refractivity contribution in [3.63, 3.8) is 0 Å². The van der Waals surface area contributed by atoms with E-state index in [-0.39, 0.29) is 5.56 Å². The van der Waals surface area contributed by atoms with Gasteiger partial charge in [-0.1, -0.05) is 78.1 Å². The van der Waals surface area contributed by atoms with Crippen molar-refractivity contribution in [1.29, 1.82) is 0 Å². The monoisotopic (exact) mass is 539 g/mol. The minimum Gasteiger partial charge on any atom is -0.204 e. The van der Waals surface area contributed by atoms with Gasteiger partial charge in [0.25, 0.3) is 0 Å². The maximum Gasteiger partial charge on any atom is 0.169 e. The molecule has 0 aliphatic heterocycles. The van der Waals surface area contributed by atoms with Crippen molar-refractivity contribution < 1.29 is 8.78 Å². The van der Waals surface area contributed by atoms with E-state index in [9.17, 15) is 8.78 Å². The van der Waals surface area contributed by atoms with Crippen LogP contribution in [0.4, 0.5) is 8.78 Å². The zero-order chi connectivity index (χ0) is 23.6. The van der Waals surface area contributed by atoms with Gasteiger partial charge in [-0.3, -0.25) is 0 Å². The molecule has 0 spiro atoms. The van der Waals surface area contributed by atoms with Gasteiger partial charge in [-0.05, 0) is 46.8 Å². The summed E-state index contributed by atoms with van der Waals surface area (Å²) in [5, 5.41) is 9.20. The van der Waals surface area contributed by atoms with Gasteiger partial charge in [0.1, 0.15) is 11.0 Å². The van der Waals surface area contributed by atoms with Crippen LogP contribution in [0.3, 0.4) is 0 Å². The van der Waals surface area contributed by atoms with E-state index < -0.39 is 11.6 Å². The molecule has 1 atom stereocenters. The van der Waals surface area contributed by atoms with Gasteiger partial charge in [0.2, 0.25) is 0 Å². The SMILES string of the molecule is CCCCCCCCC(CCCCCC)Cn1nc2cc(F)c(F)c(-c3ccc(Br)s3)c2n1. The molecule has 0 bridgehead atoms. The quantitative estimate of drug-likeness (QED) is 0.180. The third kappa shape index (κ3) is 7.57. The zero-order valence-corrected chi connectivity index (χ0v) is 22.3. The third-order valence-electron chi connectivity index (χ3n) is 6.28. The first-order chi connectivity index (χ1) is 16.0. The molecule has 182 valence electrons. The van der Waals surface area contributed by atoms with E-state index in [2.05, 4.69) is 40.0 Å². The lowest BCUT2D eigenvalue weighted by atomic mass is 9.94. The number of thiophene rings is 1. The predicted octanol–water partition coefficient (Wildman–Crippen LogP) is 9.54. The molecule has 0 aliphatic carbocycles. The Labute approximate surface area is 209 Å². The van der Waals surface area contributed by atoms with Crippen molar-refractivity contribution >= 4 is 38.3 Å². The number of nitrogens with zero attached hydrogens (tertiary/aromatic N) is 3. The Balaban J connectivity index is 1.75. The second-order valence-electron chi connectivity index (χ2n) is 9.05. The van der Waals surface area contributed by atoms with Crippen LogP contribution in [-0.4, -0.2) is 15.0 Å². The van der Waals surface area contributed by atoms with Crippen molar-refractivity contribution in [1.82, 2.24) is 15.0 Å².